The third-order valence-electron chi connectivity index (χ3n) is 4.00. The van der Waals surface area contributed by atoms with Crippen molar-refractivity contribution in [3.63, 3.8) is 0 Å². The Morgan fingerprint density at radius 2 is 1.95 bits per heavy atom. The van der Waals surface area contributed by atoms with Crippen LogP contribution in [0.1, 0.15) is 41.5 Å². The van der Waals surface area contributed by atoms with Crippen LogP contribution < -0.4 is 5.32 Å². The van der Waals surface area contributed by atoms with Crippen LogP contribution in [-0.4, -0.2) is 25.5 Å². The minimum absolute atomic E-state index is 0.244. The van der Waals surface area contributed by atoms with Crippen molar-refractivity contribution in [3.8, 4) is 0 Å². The van der Waals surface area contributed by atoms with Crippen molar-refractivity contribution in [2.75, 3.05) is 20.6 Å². The number of hydrogen-bond donors (Lipinski definition) is 1. The topological polar surface area (TPSA) is 28.4 Å². The van der Waals surface area contributed by atoms with Crippen molar-refractivity contribution >= 4 is 0 Å². The summed E-state index contributed by atoms with van der Waals surface area (Å²) < 4.78 is 5.55. The summed E-state index contributed by atoms with van der Waals surface area (Å²) in [6.45, 7) is 7.38. The molecule has 0 saturated heterocycles. The van der Waals surface area contributed by atoms with Crippen LogP contribution >= 0.6 is 0 Å². The van der Waals surface area contributed by atoms with Crippen LogP contribution in [0.3, 0.4) is 0 Å². The van der Waals surface area contributed by atoms with Gasteiger partial charge < -0.3 is 9.73 Å². The number of rotatable bonds is 6. The Hall–Kier alpha value is -1.58. The monoisotopic (exact) mass is 286 g/mol. The van der Waals surface area contributed by atoms with Gasteiger partial charge in [-0.15, -0.1) is 0 Å². The third-order valence-corrected chi connectivity index (χ3v) is 4.00. The van der Waals surface area contributed by atoms with Gasteiger partial charge in [0, 0.05) is 12.6 Å². The fourth-order valence-corrected chi connectivity index (χ4v) is 2.73. The predicted molar refractivity (Wildman–Crippen MR) is 87.5 cm³/mol. The van der Waals surface area contributed by atoms with Gasteiger partial charge in [0.25, 0.3) is 0 Å². The van der Waals surface area contributed by atoms with Gasteiger partial charge in [-0.05, 0) is 58.1 Å². The Balaban J connectivity index is 2.03. The van der Waals surface area contributed by atoms with Crippen molar-refractivity contribution in [1.29, 1.82) is 0 Å². The van der Waals surface area contributed by atoms with E-state index in [2.05, 4.69) is 63.3 Å². The van der Waals surface area contributed by atoms with E-state index in [-0.39, 0.29) is 6.04 Å². The molecule has 0 bridgehead atoms. The maximum Gasteiger partial charge on any atom is 0.122 e. The Morgan fingerprint density at radius 1 is 1.19 bits per heavy atom. The van der Waals surface area contributed by atoms with Crippen molar-refractivity contribution in [2.24, 2.45) is 0 Å². The number of likely N-dealkylation sites (N-methyl/N-ethyl adjacent to an activating group) is 1. The third kappa shape index (κ3) is 3.96. The first-order valence-corrected chi connectivity index (χ1v) is 7.49. The van der Waals surface area contributed by atoms with Gasteiger partial charge in [0.1, 0.15) is 5.76 Å². The normalized spacial score (nSPS) is 14.4. The highest BCUT2D eigenvalue weighted by molar-refractivity contribution is 5.32. The van der Waals surface area contributed by atoms with Gasteiger partial charge in [0.05, 0.1) is 12.3 Å². The molecule has 1 N–H and O–H groups in total. The zero-order valence-corrected chi connectivity index (χ0v) is 13.7. The van der Waals surface area contributed by atoms with E-state index in [1.54, 1.807) is 6.26 Å². The lowest BCUT2D eigenvalue weighted by Crippen LogP contribution is -2.32. The molecule has 0 aliphatic rings. The molecule has 0 amide bonds. The number of aryl methyl sites for hydroxylation is 2. The lowest BCUT2D eigenvalue weighted by atomic mass is 10.00. The minimum Gasteiger partial charge on any atom is -0.468 e. The van der Waals surface area contributed by atoms with Crippen molar-refractivity contribution in [2.45, 2.75) is 32.9 Å². The van der Waals surface area contributed by atoms with Crippen LogP contribution in [0.25, 0.3) is 0 Å². The van der Waals surface area contributed by atoms with Crippen molar-refractivity contribution in [1.82, 2.24) is 10.2 Å². The molecule has 2 rings (SSSR count). The summed E-state index contributed by atoms with van der Waals surface area (Å²) in [6, 6.07) is 11.2. The van der Waals surface area contributed by atoms with Crippen LogP contribution in [0.15, 0.2) is 41.0 Å². The first-order chi connectivity index (χ1) is 9.99. The SMILES string of the molecule is Cc1ccc(C(C)NCC(c2ccco2)N(C)C)c(C)c1. The van der Waals surface area contributed by atoms with Crippen LogP contribution in [0.4, 0.5) is 0 Å². The molecule has 3 heteroatoms. The summed E-state index contributed by atoms with van der Waals surface area (Å²) >= 11 is 0. The summed E-state index contributed by atoms with van der Waals surface area (Å²) in [4.78, 5) is 2.18. The highest BCUT2D eigenvalue weighted by Crippen LogP contribution is 2.22. The average molecular weight is 286 g/mol. The summed E-state index contributed by atoms with van der Waals surface area (Å²) in [5, 5.41) is 3.63. The van der Waals surface area contributed by atoms with E-state index in [1.807, 2.05) is 12.1 Å². The van der Waals surface area contributed by atoms with E-state index in [9.17, 15) is 0 Å². The molecule has 21 heavy (non-hydrogen) atoms. The molecule has 0 radical (unpaired) electrons. The fraction of sp³-hybridized carbons (Fsp3) is 0.444. The zero-order chi connectivity index (χ0) is 15.4. The molecule has 2 atom stereocenters. The molecule has 3 nitrogen and oxygen atoms in total. The number of hydrogen-bond acceptors (Lipinski definition) is 3. The minimum atomic E-state index is 0.244. The second-order valence-electron chi connectivity index (χ2n) is 5.98. The quantitative estimate of drug-likeness (QED) is 0.874. The summed E-state index contributed by atoms with van der Waals surface area (Å²) in [5.74, 6) is 1.00. The van der Waals surface area contributed by atoms with Gasteiger partial charge >= 0.3 is 0 Å². The number of nitrogens with one attached hydrogen (secondary N) is 1. The smallest absolute Gasteiger partial charge is 0.122 e. The molecule has 2 aromatic rings. The van der Waals surface area contributed by atoms with Crippen molar-refractivity contribution < 1.29 is 4.42 Å². The van der Waals surface area contributed by atoms with Crippen LogP contribution in [0, 0.1) is 13.8 Å². The number of benzene rings is 1. The van der Waals surface area contributed by atoms with E-state index in [0.717, 1.165) is 12.3 Å². The maximum atomic E-state index is 5.55. The molecular formula is C18H26N2O. The Morgan fingerprint density at radius 3 is 2.52 bits per heavy atom. The second-order valence-corrected chi connectivity index (χ2v) is 5.98. The van der Waals surface area contributed by atoms with Gasteiger partial charge in [-0.1, -0.05) is 23.8 Å². The molecule has 0 fully saturated rings. The van der Waals surface area contributed by atoms with E-state index < -0.39 is 0 Å². The molecular weight excluding hydrogens is 260 g/mol. The first-order valence-electron chi connectivity index (χ1n) is 7.49. The Labute approximate surface area is 128 Å². The highest BCUT2D eigenvalue weighted by atomic mass is 16.3. The molecule has 0 aliphatic carbocycles. The Bertz CT molecular complexity index is 561. The largest absolute Gasteiger partial charge is 0.468 e. The van der Waals surface area contributed by atoms with Crippen LogP contribution in [-0.2, 0) is 0 Å². The highest BCUT2D eigenvalue weighted by Gasteiger charge is 2.18. The lowest BCUT2D eigenvalue weighted by Gasteiger charge is -2.25. The van der Waals surface area contributed by atoms with E-state index in [4.69, 9.17) is 4.42 Å². The maximum absolute atomic E-state index is 5.55. The standard InChI is InChI=1S/C18H26N2O/c1-13-8-9-16(14(2)11-13)15(3)19-12-17(20(4)5)18-7-6-10-21-18/h6-11,15,17,19H,12H2,1-5H3. The van der Waals surface area contributed by atoms with Gasteiger partial charge in [-0.2, -0.15) is 0 Å². The summed E-state index contributed by atoms with van der Waals surface area (Å²) in [5.41, 5.74) is 4.01. The number of furan rings is 1. The second kappa shape index (κ2) is 6.92. The molecule has 114 valence electrons. The van der Waals surface area contributed by atoms with E-state index in [1.165, 1.54) is 16.7 Å². The molecule has 1 aromatic heterocycles. The lowest BCUT2D eigenvalue weighted by molar-refractivity contribution is 0.245. The Kier molecular flexibility index (Phi) is 5.21. The zero-order valence-electron chi connectivity index (χ0n) is 13.7. The molecule has 0 saturated carbocycles. The predicted octanol–water partition coefficient (Wildman–Crippen LogP) is 3.85. The van der Waals surface area contributed by atoms with E-state index in [0.29, 0.717) is 6.04 Å². The van der Waals surface area contributed by atoms with Gasteiger partial charge in [0.2, 0.25) is 0 Å². The van der Waals surface area contributed by atoms with Gasteiger partial charge in [-0.3, -0.25) is 4.90 Å². The molecule has 0 spiro atoms. The first kappa shape index (κ1) is 15.8. The van der Waals surface area contributed by atoms with Crippen LogP contribution in [0.2, 0.25) is 0 Å². The molecule has 1 heterocycles. The average Bonchev–Trinajstić information content (AvgIpc) is 2.92. The van der Waals surface area contributed by atoms with Gasteiger partial charge in [0.15, 0.2) is 0 Å². The van der Waals surface area contributed by atoms with Crippen molar-refractivity contribution in [3.05, 3.63) is 59.0 Å². The molecule has 1 aromatic carbocycles. The van der Waals surface area contributed by atoms with Crippen LogP contribution in [0.5, 0.6) is 0 Å². The summed E-state index contributed by atoms with van der Waals surface area (Å²) in [6.07, 6.45) is 1.74. The van der Waals surface area contributed by atoms with E-state index >= 15 is 0 Å². The van der Waals surface area contributed by atoms with Gasteiger partial charge in [-0.25, -0.2) is 0 Å². The molecule has 0 aliphatic heterocycles. The summed E-state index contributed by atoms with van der Waals surface area (Å²) in [7, 11) is 4.16. The fourth-order valence-electron chi connectivity index (χ4n) is 2.73. The number of nitrogens with zero attached hydrogens (tertiary/aromatic N) is 1. The molecule has 2 unspecified atom stereocenters.